The van der Waals surface area contributed by atoms with E-state index in [-0.39, 0.29) is 0 Å². The lowest BCUT2D eigenvalue weighted by molar-refractivity contribution is 0.0554. The highest BCUT2D eigenvalue weighted by Crippen LogP contribution is 2.35. The molecule has 1 N–H and O–H groups in total. The lowest BCUT2D eigenvalue weighted by Crippen LogP contribution is -2.57. The van der Waals surface area contributed by atoms with Gasteiger partial charge in [0.2, 0.25) is 0 Å². The van der Waals surface area contributed by atoms with Crippen LogP contribution in [0.4, 0.5) is 0 Å². The minimum Gasteiger partial charge on any atom is -0.312 e. The van der Waals surface area contributed by atoms with Crippen LogP contribution in [0.2, 0.25) is 0 Å². The molecule has 1 aliphatic carbocycles. The Morgan fingerprint density at radius 1 is 1.00 bits per heavy atom. The second-order valence-electron chi connectivity index (χ2n) is 7.31. The maximum Gasteiger partial charge on any atom is 0.0328 e. The third kappa shape index (κ3) is 4.55. The van der Waals surface area contributed by atoms with Gasteiger partial charge in [-0.15, -0.1) is 0 Å². The molecule has 0 radical (unpaired) electrons. The van der Waals surface area contributed by atoms with Crippen LogP contribution in [0.15, 0.2) is 0 Å². The van der Waals surface area contributed by atoms with Gasteiger partial charge in [0.25, 0.3) is 0 Å². The van der Waals surface area contributed by atoms with Crippen molar-refractivity contribution < 1.29 is 0 Å². The zero-order valence-electron chi connectivity index (χ0n) is 13.4. The van der Waals surface area contributed by atoms with E-state index >= 15 is 0 Å². The number of nitrogens with one attached hydrogen (secondary N) is 1. The summed E-state index contributed by atoms with van der Waals surface area (Å²) in [5, 5.41) is 3.86. The van der Waals surface area contributed by atoms with E-state index in [1.54, 1.807) is 0 Å². The minimum absolute atomic E-state index is 0.451. The van der Waals surface area contributed by atoms with Gasteiger partial charge in [0.1, 0.15) is 0 Å². The zero-order chi connectivity index (χ0) is 13.8. The first kappa shape index (κ1) is 16.0. The maximum absolute atomic E-state index is 3.86. The number of rotatable bonds is 8. The first-order chi connectivity index (χ1) is 8.35. The van der Waals surface area contributed by atoms with Crippen molar-refractivity contribution in [2.45, 2.75) is 71.4 Å². The average Bonchev–Trinajstić information content (AvgIpc) is 2.12. The maximum atomic E-state index is 3.86. The van der Waals surface area contributed by atoms with E-state index in [2.05, 4.69) is 52.0 Å². The fourth-order valence-electron chi connectivity index (χ4n) is 3.10. The summed E-state index contributed by atoms with van der Waals surface area (Å²) in [6.45, 7) is 10.5. The standard InChI is InChI=1S/C16H34N2/c1-13(2)10-15(11-14(3)4)17-12-16(18(5)6)8-7-9-16/h13-15,17H,7-12H2,1-6H3. The molecule has 108 valence electrons. The first-order valence-electron chi connectivity index (χ1n) is 7.76. The predicted molar refractivity (Wildman–Crippen MR) is 81.0 cm³/mol. The normalized spacial score (nSPS) is 19.0. The molecule has 0 heterocycles. The number of hydrogen-bond donors (Lipinski definition) is 1. The second-order valence-corrected chi connectivity index (χ2v) is 7.31. The highest BCUT2D eigenvalue weighted by Gasteiger charge is 2.39. The van der Waals surface area contributed by atoms with Crippen molar-refractivity contribution in [1.29, 1.82) is 0 Å². The van der Waals surface area contributed by atoms with Gasteiger partial charge in [-0.3, -0.25) is 0 Å². The van der Waals surface area contributed by atoms with Gasteiger partial charge in [-0.05, 0) is 58.0 Å². The Morgan fingerprint density at radius 2 is 1.50 bits per heavy atom. The molecule has 2 nitrogen and oxygen atoms in total. The van der Waals surface area contributed by atoms with Crippen molar-refractivity contribution in [3.05, 3.63) is 0 Å². The Morgan fingerprint density at radius 3 is 1.78 bits per heavy atom. The molecule has 0 aromatic carbocycles. The van der Waals surface area contributed by atoms with E-state index in [0.29, 0.717) is 11.6 Å². The number of likely N-dealkylation sites (N-methyl/N-ethyl adjacent to an activating group) is 1. The summed E-state index contributed by atoms with van der Waals surface area (Å²) in [5.74, 6) is 1.58. The van der Waals surface area contributed by atoms with Gasteiger partial charge in [0.05, 0.1) is 0 Å². The molecular weight excluding hydrogens is 220 g/mol. The molecule has 1 saturated carbocycles. The molecule has 0 aliphatic heterocycles. The van der Waals surface area contributed by atoms with Crippen molar-refractivity contribution in [3.63, 3.8) is 0 Å². The summed E-state index contributed by atoms with van der Waals surface area (Å²) in [6, 6.07) is 0.697. The molecule has 0 saturated heterocycles. The van der Waals surface area contributed by atoms with E-state index in [4.69, 9.17) is 0 Å². The quantitative estimate of drug-likeness (QED) is 0.713. The Hall–Kier alpha value is -0.0800. The summed E-state index contributed by atoms with van der Waals surface area (Å²) >= 11 is 0. The largest absolute Gasteiger partial charge is 0.312 e. The van der Waals surface area contributed by atoms with Crippen molar-refractivity contribution in [1.82, 2.24) is 10.2 Å². The lowest BCUT2D eigenvalue weighted by atomic mass is 9.75. The molecule has 1 aliphatic rings. The van der Waals surface area contributed by atoms with Gasteiger partial charge in [0, 0.05) is 18.1 Å². The molecule has 2 heteroatoms. The van der Waals surface area contributed by atoms with Gasteiger partial charge >= 0.3 is 0 Å². The molecule has 0 bridgehead atoms. The number of nitrogens with zero attached hydrogens (tertiary/aromatic N) is 1. The third-order valence-electron chi connectivity index (χ3n) is 4.46. The first-order valence-corrected chi connectivity index (χ1v) is 7.76. The summed E-state index contributed by atoms with van der Waals surface area (Å²) in [4.78, 5) is 2.44. The van der Waals surface area contributed by atoms with Gasteiger partial charge in [0.15, 0.2) is 0 Å². The molecule has 18 heavy (non-hydrogen) atoms. The van der Waals surface area contributed by atoms with E-state index in [9.17, 15) is 0 Å². The summed E-state index contributed by atoms with van der Waals surface area (Å²) in [6.07, 6.45) is 6.74. The fourth-order valence-corrected chi connectivity index (χ4v) is 3.10. The van der Waals surface area contributed by atoms with Gasteiger partial charge < -0.3 is 10.2 Å². The van der Waals surface area contributed by atoms with Crippen LogP contribution in [-0.4, -0.2) is 37.1 Å². The molecule has 1 fully saturated rings. The SMILES string of the molecule is CC(C)CC(CC(C)C)NCC1(N(C)C)CCC1. The van der Waals surface area contributed by atoms with Crippen LogP contribution in [0.25, 0.3) is 0 Å². The second kappa shape index (κ2) is 6.91. The van der Waals surface area contributed by atoms with Gasteiger partial charge in [-0.2, -0.15) is 0 Å². The monoisotopic (exact) mass is 254 g/mol. The Labute approximate surface area is 115 Å². The van der Waals surface area contributed by atoms with Gasteiger partial charge in [-0.1, -0.05) is 27.7 Å². The Bertz CT molecular complexity index is 219. The molecule has 0 amide bonds. The highest BCUT2D eigenvalue weighted by atomic mass is 15.2. The van der Waals surface area contributed by atoms with Crippen LogP contribution < -0.4 is 5.32 Å². The van der Waals surface area contributed by atoms with E-state index < -0.39 is 0 Å². The summed E-state index contributed by atoms with van der Waals surface area (Å²) < 4.78 is 0. The Balaban J connectivity index is 2.45. The molecular formula is C16H34N2. The molecule has 0 atom stereocenters. The van der Waals surface area contributed by atoms with E-state index in [1.165, 1.54) is 38.6 Å². The molecule has 0 aromatic rings. The zero-order valence-corrected chi connectivity index (χ0v) is 13.4. The van der Waals surface area contributed by atoms with Crippen molar-refractivity contribution in [3.8, 4) is 0 Å². The van der Waals surface area contributed by atoms with Crippen molar-refractivity contribution >= 4 is 0 Å². The van der Waals surface area contributed by atoms with E-state index in [1.807, 2.05) is 0 Å². The molecule has 0 aromatic heterocycles. The average molecular weight is 254 g/mol. The van der Waals surface area contributed by atoms with Crippen LogP contribution in [0.1, 0.15) is 59.8 Å². The van der Waals surface area contributed by atoms with Crippen molar-refractivity contribution in [2.24, 2.45) is 11.8 Å². The number of hydrogen-bond acceptors (Lipinski definition) is 2. The van der Waals surface area contributed by atoms with Crippen LogP contribution in [0.3, 0.4) is 0 Å². The highest BCUT2D eigenvalue weighted by molar-refractivity contribution is 4.98. The topological polar surface area (TPSA) is 15.3 Å². The molecule has 0 unspecified atom stereocenters. The minimum atomic E-state index is 0.451. The smallest absolute Gasteiger partial charge is 0.0328 e. The van der Waals surface area contributed by atoms with Crippen molar-refractivity contribution in [2.75, 3.05) is 20.6 Å². The molecule has 0 spiro atoms. The van der Waals surface area contributed by atoms with Gasteiger partial charge in [-0.25, -0.2) is 0 Å². The summed E-state index contributed by atoms with van der Waals surface area (Å²) in [7, 11) is 4.47. The van der Waals surface area contributed by atoms with Crippen LogP contribution in [0, 0.1) is 11.8 Å². The lowest BCUT2D eigenvalue weighted by Gasteiger charge is -2.48. The van der Waals surface area contributed by atoms with Crippen LogP contribution in [0.5, 0.6) is 0 Å². The predicted octanol–water partition coefficient (Wildman–Crippen LogP) is 3.52. The van der Waals surface area contributed by atoms with E-state index in [0.717, 1.165) is 11.8 Å². The van der Waals surface area contributed by atoms with Crippen LogP contribution >= 0.6 is 0 Å². The summed E-state index contributed by atoms with van der Waals surface area (Å²) in [5.41, 5.74) is 0.451. The van der Waals surface area contributed by atoms with Crippen LogP contribution in [-0.2, 0) is 0 Å². The molecule has 1 rings (SSSR count). The Kier molecular flexibility index (Phi) is 6.13. The fraction of sp³-hybridized carbons (Fsp3) is 1.00. The third-order valence-corrected chi connectivity index (χ3v) is 4.46.